The van der Waals surface area contributed by atoms with Gasteiger partial charge in [0.25, 0.3) is 5.91 Å². The van der Waals surface area contributed by atoms with E-state index in [1.165, 1.54) is 11.8 Å². The first kappa shape index (κ1) is 19.0. The molecular formula is C16H18Cl2N2O3S2. The lowest BCUT2D eigenvalue weighted by molar-refractivity contribution is -0.121. The number of fused-ring (bicyclic) bond motifs is 1. The Bertz CT molecular complexity index is 842. The molecule has 2 saturated heterocycles. The number of thioether (sulfide) groups is 1. The lowest BCUT2D eigenvalue weighted by Crippen LogP contribution is -2.37. The smallest absolute Gasteiger partial charge is 0.250 e. The van der Waals surface area contributed by atoms with Crippen molar-refractivity contribution in [2.24, 2.45) is 10.9 Å². The largest absolute Gasteiger partial charge is 0.316 e. The molecule has 3 atom stereocenters. The molecule has 0 N–H and O–H groups in total. The number of carbonyl (C=O) groups is 1. The molecule has 1 aromatic carbocycles. The zero-order valence-corrected chi connectivity index (χ0v) is 16.9. The average molecular weight is 421 g/mol. The molecule has 0 radical (unpaired) electrons. The number of nitrogens with zero attached hydrogens (tertiary/aromatic N) is 2. The number of halogens is 2. The molecule has 2 aliphatic heterocycles. The summed E-state index contributed by atoms with van der Waals surface area (Å²) in [6, 6.07) is 4.86. The van der Waals surface area contributed by atoms with E-state index in [2.05, 4.69) is 4.99 Å². The van der Waals surface area contributed by atoms with E-state index in [0.717, 1.165) is 0 Å². The van der Waals surface area contributed by atoms with Gasteiger partial charge >= 0.3 is 0 Å². The maximum Gasteiger partial charge on any atom is 0.250 e. The lowest BCUT2D eigenvalue weighted by Gasteiger charge is -2.25. The van der Waals surface area contributed by atoms with Crippen molar-refractivity contribution in [2.45, 2.75) is 31.6 Å². The second-order valence-electron chi connectivity index (χ2n) is 6.31. The van der Waals surface area contributed by atoms with Crippen LogP contribution < -0.4 is 4.90 Å². The first-order chi connectivity index (χ1) is 11.7. The van der Waals surface area contributed by atoms with Gasteiger partial charge in [-0.15, -0.1) is 0 Å². The van der Waals surface area contributed by atoms with Crippen LogP contribution in [0.3, 0.4) is 0 Å². The molecule has 2 aliphatic rings. The van der Waals surface area contributed by atoms with Gasteiger partial charge in [0.2, 0.25) is 0 Å². The van der Waals surface area contributed by atoms with Gasteiger partial charge in [-0.1, -0.05) is 48.8 Å². The number of hydrogen-bond donors (Lipinski definition) is 0. The molecular weight excluding hydrogens is 403 g/mol. The number of amides is 1. The van der Waals surface area contributed by atoms with Crippen LogP contribution in [0, 0.1) is 5.92 Å². The number of sulfone groups is 1. The fraction of sp³-hybridized carbons (Fsp3) is 0.500. The Hall–Kier alpha value is -0.760. The van der Waals surface area contributed by atoms with Gasteiger partial charge in [-0.05, 0) is 24.6 Å². The highest BCUT2D eigenvalue weighted by atomic mass is 35.5. The van der Waals surface area contributed by atoms with Gasteiger partial charge in [0, 0.05) is 16.9 Å². The van der Waals surface area contributed by atoms with E-state index < -0.39 is 9.84 Å². The number of aliphatic imine (C=N–C) groups is 1. The molecule has 1 amide bonds. The Balaban J connectivity index is 2.02. The normalized spacial score (nSPS) is 27.5. The zero-order valence-electron chi connectivity index (χ0n) is 13.8. The standard InChI is InChI=1S/C16H18Cl2N2O3S2/c1-3-9(2)15(21)19-16-20(10-4-5-11(17)12(18)6-10)13-7-25(22,23)8-14(13)24-16/h4-6,9,13-14H,3,7-8H2,1-2H3. The Morgan fingerprint density at radius 1 is 1.36 bits per heavy atom. The third kappa shape index (κ3) is 3.84. The van der Waals surface area contributed by atoms with E-state index >= 15 is 0 Å². The van der Waals surface area contributed by atoms with E-state index in [1.807, 2.05) is 18.7 Å². The topological polar surface area (TPSA) is 66.8 Å². The lowest BCUT2D eigenvalue weighted by atomic mass is 10.1. The molecule has 3 unspecified atom stereocenters. The Kier molecular flexibility index (Phi) is 5.40. The van der Waals surface area contributed by atoms with Gasteiger partial charge in [-0.2, -0.15) is 4.99 Å². The van der Waals surface area contributed by atoms with Crippen LogP contribution in [0.2, 0.25) is 10.0 Å². The van der Waals surface area contributed by atoms with E-state index in [4.69, 9.17) is 23.2 Å². The molecule has 0 aromatic heterocycles. The molecule has 0 saturated carbocycles. The summed E-state index contributed by atoms with van der Waals surface area (Å²) in [6.07, 6.45) is 0.703. The molecule has 0 aliphatic carbocycles. The van der Waals surface area contributed by atoms with Crippen LogP contribution in [0.25, 0.3) is 0 Å². The SMILES string of the molecule is CCC(C)C(=O)N=C1SC2CS(=O)(=O)CC2N1c1ccc(Cl)c(Cl)c1. The van der Waals surface area contributed by atoms with E-state index in [9.17, 15) is 13.2 Å². The zero-order chi connectivity index (χ0) is 18.4. The summed E-state index contributed by atoms with van der Waals surface area (Å²) in [4.78, 5) is 18.4. The predicted octanol–water partition coefficient (Wildman–Crippen LogP) is 3.64. The number of rotatable bonds is 3. The highest BCUT2D eigenvalue weighted by Crippen LogP contribution is 2.42. The average Bonchev–Trinajstić information content (AvgIpc) is 3.00. The summed E-state index contributed by atoms with van der Waals surface area (Å²) < 4.78 is 24.1. The third-order valence-corrected chi connectivity index (χ3v) is 8.44. The monoisotopic (exact) mass is 420 g/mol. The predicted molar refractivity (Wildman–Crippen MR) is 105 cm³/mol. The number of anilines is 1. The Labute approximate surface area is 161 Å². The summed E-state index contributed by atoms with van der Waals surface area (Å²) in [5, 5.41) is 1.19. The minimum Gasteiger partial charge on any atom is -0.316 e. The van der Waals surface area contributed by atoms with Crippen molar-refractivity contribution in [3.8, 4) is 0 Å². The molecule has 3 rings (SSSR count). The van der Waals surface area contributed by atoms with E-state index in [1.54, 1.807) is 18.2 Å². The fourth-order valence-corrected chi connectivity index (χ4v) is 7.09. The van der Waals surface area contributed by atoms with Crippen molar-refractivity contribution in [2.75, 3.05) is 16.4 Å². The van der Waals surface area contributed by atoms with E-state index in [0.29, 0.717) is 27.3 Å². The molecule has 0 bridgehead atoms. The summed E-state index contributed by atoms with van der Waals surface area (Å²) in [7, 11) is -3.10. The first-order valence-electron chi connectivity index (χ1n) is 7.95. The summed E-state index contributed by atoms with van der Waals surface area (Å²) in [5.41, 5.74) is 0.696. The number of carbonyl (C=O) groups excluding carboxylic acids is 1. The van der Waals surface area contributed by atoms with Crippen molar-refractivity contribution in [3.63, 3.8) is 0 Å². The highest BCUT2D eigenvalue weighted by Gasteiger charge is 2.49. The van der Waals surface area contributed by atoms with Crippen LogP contribution in [0.5, 0.6) is 0 Å². The van der Waals surface area contributed by atoms with Gasteiger partial charge in [0.1, 0.15) is 0 Å². The van der Waals surface area contributed by atoms with Gasteiger partial charge < -0.3 is 4.90 Å². The van der Waals surface area contributed by atoms with Gasteiger partial charge in [0.15, 0.2) is 15.0 Å². The Morgan fingerprint density at radius 3 is 2.72 bits per heavy atom. The van der Waals surface area contributed by atoms with Crippen LogP contribution in [-0.2, 0) is 14.6 Å². The number of hydrogen-bond acceptors (Lipinski definition) is 4. The quantitative estimate of drug-likeness (QED) is 0.746. The number of amidine groups is 1. The van der Waals surface area contributed by atoms with Crippen LogP contribution in [0.4, 0.5) is 5.69 Å². The van der Waals surface area contributed by atoms with Crippen molar-refractivity contribution in [1.29, 1.82) is 0 Å². The molecule has 2 fully saturated rings. The second kappa shape index (κ2) is 7.10. The minimum absolute atomic E-state index is 0.0431. The van der Waals surface area contributed by atoms with E-state index in [-0.39, 0.29) is 34.6 Å². The maximum absolute atomic E-state index is 12.3. The summed E-state index contributed by atoms with van der Waals surface area (Å²) in [6.45, 7) is 3.77. The molecule has 5 nitrogen and oxygen atoms in total. The molecule has 25 heavy (non-hydrogen) atoms. The highest BCUT2D eigenvalue weighted by molar-refractivity contribution is 8.16. The van der Waals surface area contributed by atoms with Gasteiger partial charge in [0.05, 0.1) is 27.6 Å². The maximum atomic E-state index is 12.3. The first-order valence-corrected chi connectivity index (χ1v) is 11.4. The molecule has 136 valence electrons. The van der Waals surface area contributed by atoms with Crippen LogP contribution in [0.1, 0.15) is 20.3 Å². The van der Waals surface area contributed by atoms with Crippen LogP contribution in [0.15, 0.2) is 23.2 Å². The molecule has 9 heteroatoms. The van der Waals surface area contributed by atoms with Crippen molar-refractivity contribution < 1.29 is 13.2 Å². The van der Waals surface area contributed by atoms with Crippen molar-refractivity contribution in [1.82, 2.24) is 0 Å². The fourth-order valence-electron chi connectivity index (χ4n) is 2.88. The third-order valence-electron chi connectivity index (χ3n) is 4.49. The molecule has 0 spiro atoms. The van der Waals surface area contributed by atoms with Crippen molar-refractivity contribution >= 4 is 61.6 Å². The second-order valence-corrected chi connectivity index (χ2v) is 10.5. The minimum atomic E-state index is -3.10. The summed E-state index contributed by atoms with van der Waals surface area (Å²) in [5.74, 6) is -0.233. The summed E-state index contributed by atoms with van der Waals surface area (Å²) >= 11 is 13.5. The molecule has 2 heterocycles. The van der Waals surface area contributed by atoms with Crippen LogP contribution >= 0.6 is 35.0 Å². The van der Waals surface area contributed by atoms with Crippen LogP contribution in [-0.4, -0.2) is 42.3 Å². The van der Waals surface area contributed by atoms with Gasteiger partial charge in [-0.3, -0.25) is 4.79 Å². The Morgan fingerprint density at radius 2 is 2.08 bits per heavy atom. The van der Waals surface area contributed by atoms with Crippen molar-refractivity contribution in [3.05, 3.63) is 28.2 Å². The van der Waals surface area contributed by atoms with Gasteiger partial charge in [-0.25, -0.2) is 8.42 Å². The number of benzene rings is 1. The molecule has 1 aromatic rings.